The molecule has 0 saturated carbocycles. The first-order chi connectivity index (χ1) is 23.2. The SMILES string of the molecule is CCCCCCCC/C=C\C/C=C\CC(O)C(=O)NC(CS(=O)(=O)O)C(O)/C=C/CCCCCCCCCCCCCCCCCCC. The lowest BCUT2D eigenvalue weighted by Gasteiger charge is -2.22. The van der Waals surface area contributed by atoms with E-state index in [1.54, 1.807) is 12.2 Å². The molecular formula is C40H75NO6S. The van der Waals surface area contributed by atoms with Gasteiger partial charge in [0.05, 0.1) is 17.9 Å². The summed E-state index contributed by atoms with van der Waals surface area (Å²) in [5.41, 5.74) is 0. The number of unbranched alkanes of at least 4 members (excludes halogenated alkanes) is 23. The molecule has 0 aromatic heterocycles. The van der Waals surface area contributed by atoms with E-state index in [2.05, 4.69) is 31.3 Å². The highest BCUT2D eigenvalue weighted by Gasteiger charge is 2.27. The monoisotopic (exact) mass is 698 g/mol. The lowest BCUT2D eigenvalue weighted by molar-refractivity contribution is -0.130. The van der Waals surface area contributed by atoms with Crippen LogP contribution in [-0.4, -0.2) is 53.1 Å². The van der Waals surface area contributed by atoms with E-state index in [0.717, 1.165) is 25.7 Å². The second kappa shape index (κ2) is 34.0. The molecule has 4 N–H and O–H groups in total. The first-order valence-corrected chi connectivity index (χ1v) is 21.4. The average molecular weight is 698 g/mol. The minimum absolute atomic E-state index is 0.0704. The molecular weight excluding hydrogens is 623 g/mol. The summed E-state index contributed by atoms with van der Waals surface area (Å²) >= 11 is 0. The third-order valence-corrected chi connectivity index (χ3v) is 9.71. The highest BCUT2D eigenvalue weighted by atomic mass is 32.2. The van der Waals surface area contributed by atoms with Crippen LogP contribution < -0.4 is 5.32 Å². The molecule has 1 amide bonds. The summed E-state index contributed by atoms with van der Waals surface area (Å²) in [7, 11) is -4.46. The van der Waals surface area contributed by atoms with Gasteiger partial charge in [-0.25, -0.2) is 0 Å². The van der Waals surface area contributed by atoms with Crippen LogP contribution in [0.4, 0.5) is 0 Å². The van der Waals surface area contributed by atoms with Crippen LogP contribution in [0.5, 0.6) is 0 Å². The number of rotatable bonds is 35. The van der Waals surface area contributed by atoms with Crippen LogP contribution in [0.25, 0.3) is 0 Å². The van der Waals surface area contributed by atoms with E-state index >= 15 is 0 Å². The third-order valence-electron chi connectivity index (χ3n) is 8.93. The number of amides is 1. The summed E-state index contributed by atoms with van der Waals surface area (Å²) in [6, 6.07) is -1.26. The number of allylic oxidation sites excluding steroid dienone is 4. The molecule has 0 aromatic carbocycles. The first-order valence-electron chi connectivity index (χ1n) is 19.8. The van der Waals surface area contributed by atoms with Crippen LogP contribution in [0.2, 0.25) is 0 Å². The Hall–Kier alpha value is -1.48. The van der Waals surface area contributed by atoms with E-state index < -0.39 is 40.0 Å². The molecule has 0 aliphatic heterocycles. The average Bonchev–Trinajstić information content (AvgIpc) is 3.05. The van der Waals surface area contributed by atoms with Crippen molar-refractivity contribution in [3.05, 3.63) is 36.5 Å². The van der Waals surface area contributed by atoms with Crippen LogP contribution in [0, 0.1) is 0 Å². The Bertz CT molecular complexity index is 917. The highest BCUT2D eigenvalue weighted by Crippen LogP contribution is 2.15. The lowest BCUT2D eigenvalue weighted by atomic mass is 10.0. The molecule has 0 bridgehead atoms. The third kappa shape index (κ3) is 33.0. The minimum atomic E-state index is -4.46. The number of aliphatic hydroxyl groups is 2. The highest BCUT2D eigenvalue weighted by molar-refractivity contribution is 7.85. The van der Waals surface area contributed by atoms with Gasteiger partial charge in [-0.2, -0.15) is 8.42 Å². The molecule has 0 heterocycles. The van der Waals surface area contributed by atoms with E-state index in [-0.39, 0.29) is 6.42 Å². The second-order valence-electron chi connectivity index (χ2n) is 13.7. The topological polar surface area (TPSA) is 124 Å². The normalized spacial score (nSPS) is 14.4. The maximum atomic E-state index is 12.5. The van der Waals surface area contributed by atoms with Gasteiger partial charge in [-0.3, -0.25) is 9.35 Å². The van der Waals surface area contributed by atoms with Gasteiger partial charge < -0.3 is 15.5 Å². The number of aliphatic hydroxyl groups excluding tert-OH is 2. The summed E-state index contributed by atoms with van der Waals surface area (Å²) in [5.74, 6) is -1.62. The fourth-order valence-corrected chi connectivity index (χ4v) is 6.59. The zero-order valence-corrected chi connectivity index (χ0v) is 31.8. The molecule has 282 valence electrons. The van der Waals surface area contributed by atoms with Crippen molar-refractivity contribution in [1.82, 2.24) is 5.32 Å². The van der Waals surface area contributed by atoms with E-state index in [1.807, 2.05) is 6.08 Å². The molecule has 3 atom stereocenters. The number of nitrogens with one attached hydrogen (secondary N) is 1. The fourth-order valence-electron chi connectivity index (χ4n) is 5.85. The zero-order valence-electron chi connectivity index (χ0n) is 31.0. The quantitative estimate of drug-likeness (QED) is 0.0297. The largest absolute Gasteiger partial charge is 0.387 e. The Labute approximate surface area is 296 Å². The molecule has 0 aliphatic rings. The standard InChI is InChI=1S/C40H75NO6S/c1-3-5-7-9-11-13-15-17-18-19-20-21-22-23-25-26-28-30-32-34-38(42)37(36-48(45,46)47)41-40(44)39(43)35-33-31-29-27-24-16-14-12-10-8-6-4-2/h24,27,31-34,37-39,42-43H,3-23,25-26,28-30,35-36H2,1-2H3,(H,41,44)(H,45,46,47)/b27-24-,33-31-,34-32+. The number of hydrogen-bond donors (Lipinski definition) is 4. The minimum Gasteiger partial charge on any atom is -0.387 e. The van der Waals surface area contributed by atoms with E-state index in [4.69, 9.17) is 0 Å². The van der Waals surface area contributed by atoms with E-state index in [0.29, 0.717) is 6.42 Å². The van der Waals surface area contributed by atoms with Gasteiger partial charge in [0.15, 0.2) is 0 Å². The predicted octanol–water partition coefficient (Wildman–Crippen LogP) is 10.3. The Morgan fingerprint density at radius 2 is 0.979 bits per heavy atom. The van der Waals surface area contributed by atoms with Gasteiger partial charge in [-0.1, -0.05) is 185 Å². The number of carbonyl (C=O) groups is 1. The molecule has 7 nitrogen and oxygen atoms in total. The molecule has 3 unspecified atom stereocenters. The molecule has 0 radical (unpaired) electrons. The van der Waals surface area contributed by atoms with Gasteiger partial charge in [0.2, 0.25) is 5.91 Å². The van der Waals surface area contributed by atoms with Gasteiger partial charge in [-0.15, -0.1) is 0 Å². The van der Waals surface area contributed by atoms with Crippen LogP contribution in [0.1, 0.15) is 187 Å². The van der Waals surface area contributed by atoms with Crippen molar-refractivity contribution < 1.29 is 28.0 Å². The summed E-state index contributed by atoms with van der Waals surface area (Å²) in [4.78, 5) is 12.5. The van der Waals surface area contributed by atoms with E-state index in [1.165, 1.54) is 141 Å². The first kappa shape index (κ1) is 46.5. The van der Waals surface area contributed by atoms with Crippen molar-refractivity contribution in [1.29, 1.82) is 0 Å². The molecule has 0 rings (SSSR count). The Balaban J connectivity index is 4.11. The summed E-state index contributed by atoms with van der Waals surface area (Å²) in [6.07, 6.45) is 40.8. The number of carbonyl (C=O) groups excluding carboxylic acids is 1. The van der Waals surface area contributed by atoms with Crippen LogP contribution in [0.3, 0.4) is 0 Å². The summed E-state index contributed by atoms with van der Waals surface area (Å²) < 4.78 is 32.4. The van der Waals surface area contributed by atoms with Crippen LogP contribution in [0.15, 0.2) is 36.5 Å². The van der Waals surface area contributed by atoms with Gasteiger partial charge in [0.25, 0.3) is 10.1 Å². The maximum Gasteiger partial charge on any atom is 0.267 e. The van der Waals surface area contributed by atoms with Gasteiger partial charge in [0.1, 0.15) is 6.10 Å². The van der Waals surface area contributed by atoms with Crippen molar-refractivity contribution in [2.24, 2.45) is 0 Å². The maximum absolute atomic E-state index is 12.5. The van der Waals surface area contributed by atoms with E-state index in [9.17, 15) is 28.0 Å². The fraction of sp³-hybridized carbons (Fsp3) is 0.825. The zero-order chi connectivity index (χ0) is 35.6. The van der Waals surface area contributed by atoms with Crippen molar-refractivity contribution in [2.45, 2.75) is 205 Å². The molecule has 8 heteroatoms. The van der Waals surface area contributed by atoms with Crippen molar-refractivity contribution >= 4 is 16.0 Å². The smallest absolute Gasteiger partial charge is 0.267 e. The summed E-state index contributed by atoms with van der Waals surface area (Å²) in [6.45, 7) is 4.48. The van der Waals surface area contributed by atoms with Gasteiger partial charge in [-0.05, 0) is 32.1 Å². The van der Waals surface area contributed by atoms with Crippen molar-refractivity contribution in [3.8, 4) is 0 Å². The molecule has 0 fully saturated rings. The van der Waals surface area contributed by atoms with Crippen LogP contribution in [-0.2, 0) is 14.9 Å². The predicted molar refractivity (Wildman–Crippen MR) is 204 cm³/mol. The van der Waals surface area contributed by atoms with Gasteiger partial charge >= 0.3 is 0 Å². The molecule has 0 aromatic rings. The lowest BCUT2D eigenvalue weighted by Crippen LogP contribution is -2.50. The van der Waals surface area contributed by atoms with Crippen molar-refractivity contribution in [3.63, 3.8) is 0 Å². The molecule has 0 aliphatic carbocycles. The number of hydrogen-bond acceptors (Lipinski definition) is 5. The molecule has 0 saturated heterocycles. The Kier molecular flexibility index (Phi) is 32.9. The van der Waals surface area contributed by atoms with Gasteiger partial charge in [0, 0.05) is 6.42 Å². The second-order valence-corrected chi connectivity index (χ2v) is 15.2. The Morgan fingerprint density at radius 3 is 1.42 bits per heavy atom. The summed E-state index contributed by atoms with van der Waals surface area (Å²) in [5, 5.41) is 23.2. The van der Waals surface area contributed by atoms with Crippen molar-refractivity contribution in [2.75, 3.05) is 5.75 Å². The molecule has 0 spiro atoms. The Morgan fingerprint density at radius 1 is 0.583 bits per heavy atom. The molecule has 48 heavy (non-hydrogen) atoms. The van der Waals surface area contributed by atoms with Crippen LogP contribution >= 0.6 is 0 Å².